The van der Waals surface area contributed by atoms with Gasteiger partial charge in [0.15, 0.2) is 0 Å². The Balaban J connectivity index is 2.36. The van der Waals surface area contributed by atoms with E-state index < -0.39 is 0 Å². The largest absolute Gasteiger partial charge is 0.389 e. The van der Waals surface area contributed by atoms with Crippen LogP contribution >= 0.6 is 23.8 Å². The molecule has 3 aromatic rings. The van der Waals surface area contributed by atoms with Gasteiger partial charge in [0.25, 0.3) is 0 Å². The average Bonchev–Trinajstić information content (AvgIpc) is 2.78. The minimum absolute atomic E-state index is 0.368. The Labute approximate surface area is 121 Å². The zero-order chi connectivity index (χ0) is 13.4. The van der Waals surface area contributed by atoms with E-state index in [1.807, 2.05) is 48.5 Å². The molecule has 0 atom stereocenters. The van der Waals surface area contributed by atoms with Gasteiger partial charge in [-0.2, -0.15) is 0 Å². The first-order chi connectivity index (χ1) is 9.16. The van der Waals surface area contributed by atoms with Crippen LogP contribution in [0.15, 0.2) is 48.5 Å². The van der Waals surface area contributed by atoms with Gasteiger partial charge in [0, 0.05) is 21.5 Å². The molecule has 1 heterocycles. The Morgan fingerprint density at radius 1 is 1.11 bits per heavy atom. The van der Waals surface area contributed by atoms with E-state index in [1.54, 1.807) is 0 Å². The monoisotopic (exact) mass is 286 g/mol. The fraction of sp³-hybridized carbons (Fsp3) is 0. The second-order valence-electron chi connectivity index (χ2n) is 4.30. The molecule has 0 saturated heterocycles. The number of nitrogens with two attached hydrogens (primary N) is 1. The zero-order valence-electron chi connectivity index (χ0n) is 9.98. The number of aromatic amines is 1. The summed E-state index contributed by atoms with van der Waals surface area (Å²) in [6.07, 6.45) is 0. The summed E-state index contributed by atoms with van der Waals surface area (Å²) in [5.74, 6) is 0. The topological polar surface area (TPSA) is 41.8 Å². The molecule has 0 aliphatic rings. The van der Waals surface area contributed by atoms with Crippen LogP contribution in [0.4, 0.5) is 0 Å². The lowest BCUT2D eigenvalue weighted by atomic mass is 10.1. The minimum atomic E-state index is 0.368. The maximum atomic E-state index is 6.05. The van der Waals surface area contributed by atoms with Crippen molar-refractivity contribution in [1.29, 1.82) is 0 Å². The van der Waals surface area contributed by atoms with Crippen LogP contribution in [0, 0.1) is 0 Å². The number of H-pyrrole nitrogens is 1. The van der Waals surface area contributed by atoms with Crippen molar-refractivity contribution in [2.75, 3.05) is 0 Å². The van der Waals surface area contributed by atoms with Gasteiger partial charge in [-0.15, -0.1) is 0 Å². The molecule has 0 spiro atoms. The number of benzene rings is 2. The lowest BCUT2D eigenvalue weighted by Crippen LogP contribution is -2.10. The molecule has 0 saturated carbocycles. The molecule has 0 radical (unpaired) electrons. The molecule has 2 aromatic carbocycles. The van der Waals surface area contributed by atoms with Gasteiger partial charge in [-0.1, -0.05) is 54.2 Å². The Morgan fingerprint density at radius 3 is 2.53 bits per heavy atom. The number of nitrogens with one attached hydrogen (secondary N) is 1. The van der Waals surface area contributed by atoms with Crippen molar-refractivity contribution in [3.63, 3.8) is 0 Å². The molecule has 19 heavy (non-hydrogen) atoms. The summed E-state index contributed by atoms with van der Waals surface area (Å²) in [6.45, 7) is 0. The summed E-state index contributed by atoms with van der Waals surface area (Å²) in [5.41, 5.74) is 9.69. The highest BCUT2D eigenvalue weighted by atomic mass is 35.5. The maximum absolute atomic E-state index is 6.05. The van der Waals surface area contributed by atoms with Gasteiger partial charge in [-0.25, -0.2) is 0 Å². The number of hydrogen-bond acceptors (Lipinski definition) is 1. The van der Waals surface area contributed by atoms with E-state index in [1.165, 1.54) is 0 Å². The van der Waals surface area contributed by atoms with Gasteiger partial charge in [0.1, 0.15) is 4.99 Å². The Hall–Kier alpha value is -1.84. The van der Waals surface area contributed by atoms with E-state index in [0.29, 0.717) is 10.0 Å². The SMILES string of the molecule is NC(=S)c1c(-c2ccccc2)[nH]c2ccc(Cl)cc12. The van der Waals surface area contributed by atoms with Gasteiger partial charge in [0.2, 0.25) is 0 Å². The fourth-order valence-corrected chi connectivity index (χ4v) is 2.63. The van der Waals surface area contributed by atoms with Crippen molar-refractivity contribution in [3.05, 3.63) is 59.1 Å². The van der Waals surface area contributed by atoms with Crippen LogP contribution in [-0.4, -0.2) is 9.97 Å². The summed E-state index contributed by atoms with van der Waals surface area (Å²) in [6, 6.07) is 15.7. The third kappa shape index (κ3) is 2.11. The summed E-state index contributed by atoms with van der Waals surface area (Å²) >= 11 is 11.2. The van der Waals surface area contributed by atoms with Gasteiger partial charge < -0.3 is 10.7 Å². The lowest BCUT2D eigenvalue weighted by Gasteiger charge is -2.03. The minimum Gasteiger partial charge on any atom is -0.389 e. The van der Waals surface area contributed by atoms with Gasteiger partial charge in [-0.3, -0.25) is 0 Å². The van der Waals surface area contributed by atoms with Crippen molar-refractivity contribution in [3.8, 4) is 11.3 Å². The second kappa shape index (κ2) is 4.68. The summed E-state index contributed by atoms with van der Waals surface area (Å²) in [5, 5.41) is 1.63. The van der Waals surface area contributed by atoms with E-state index in [9.17, 15) is 0 Å². The van der Waals surface area contributed by atoms with Gasteiger partial charge in [0.05, 0.1) is 5.69 Å². The smallest absolute Gasteiger partial charge is 0.106 e. The first-order valence-corrected chi connectivity index (χ1v) is 6.62. The van der Waals surface area contributed by atoms with Crippen LogP contribution in [0.3, 0.4) is 0 Å². The number of fused-ring (bicyclic) bond motifs is 1. The van der Waals surface area contributed by atoms with E-state index in [0.717, 1.165) is 27.7 Å². The van der Waals surface area contributed by atoms with Crippen LogP contribution in [-0.2, 0) is 0 Å². The van der Waals surface area contributed by atoms with Crippen molar-refractivity contribution in [2.24, 2.45) is 5.73 Å². The molecule has 0 aliphatic heterocycles. The number of halogens is 1. The lowest BCUT2D eigenvalue weighted by molar-refractivity contribution is 1.44. The highest BCUT2D eigenvalue weighted by Gasteiger charge is 2.15. The molecular formula is C15H11ClN2S. The maximum Gasteiger partial charge on any atom is 0.106 e. The summed E-state index contributed by atoms with van der Waals surface area (Å²) in [4.78, 5) is 3.73. The van der Waals surface area contributed by atoms with Crippen LogP contribution in [0.2, 0.25) is 5.02 Å². The predicted molar refractivity (Wildman–Crippen MR) is 84.6 cm³/mol. The molecule has 0 unspecified atom stereocenters. The first kappa shape index (κ1) is 12.2. The van der Waals surface area contributed by atoms with Crippen molar-refractivity contribution in [1.82, 2.24) is 4.98 Å². The van der Waals surface area contributed by atoms with Crippen molar-refractivity contribution in [2.45, 2.75) is 0 Å². The average molecular weight is 287 g/mol. The quantitative estimate of drug-likeness (QED) is 0.696. The number of rotatable bonds is 2. The molecule has 0 amide bonds. The summed E-state index contributed by atoms with van der Waals surface area (Å²) in [7, 11) is 0. The highest BCUT2D eigenvalue weighted by Crippen LogP contribution is 2.31. The standard InChI is InChI=1S/C15H11ClN2S/c16-10-6-7-12-11(8-10)13(15(17)19)14(18-12)9-4-2-1-3-5-9/h1-8,18H,(H2,17,19). The van der Waals surface area contributed by atoms with Crippen LogP contribution < -0.4 is 5.73 Å². The van der Waals surface area contributed by atoms with E-state index in [-0.39, 0.29) is 0 Å². The molecule has 0 aliphatic carbocycles. The molecule has 94 valence electrons. The molecule has 1 aromatic heterocycles. The molecule has 3 rings (SSSR count). The van der Waals surface area contributed by atoms with Gasteiger partial charge in [-0.05, 0) is 23.8 Å². The normalized spacial score (nSPS) is 10.8. The summed E-state index contributed by atoms with van der Waals surface area (Å²) < 4.78 is 0. The number of thiocarbonyl (C=S) groups is 1. The first-order valence-electron chi connectivity index (χ1n) is 5.83. The molecule has 2 nitrogen and oxygen atoms in total. The van der Waals surface area contributed by atoms with E-state index in [4.69, 9.17) is 29.6 Å². The highest BCUT2D eigenvalue weighted by molar-refractivity contribution is 7.80. The van der Waals surface area contributed by atoms with Crippen LogP contribution in [0.5, 0.6) is 0 Å². The Morgan fingerprint density at radius 2 is 1.84 bits per heavy atom. The van der Waals surface area contributed by atoms with E-state index >= 15 is 0 Å². The van der Waals surface area contributed by atoms with Gasteiger partial charge >= 0.3 is 0 Å². The molecule has 3 N–H and O–H groups in total. The van der Waals surface area contributed by atoms with Crippen LogP contribution in [0.25, 0.3) is 22.2 Å². The third-order valence-electron chi connectivity index (χ3n) is 3.07. The third-order valence-corrected chi connectivity index (χ3v) is 3.51. The number of aromatic nitrogens is 1. The van der Waals surface area contributed by atoms with Crippen molar-refractivity contribution >= 4 is 39.7 Å². The Bertz CT molecular complexity index is 762. The second-order valence-corrected chi connectivity index (χ2v) is 5.17. The van der Waals surface area contributed by atoms with E-state index in [2.05, 4.69) is 4.98 Å². The zero-order valence-corrected chi connectivity index (χ0v) is 11.6. The predicted octanol–water partition coefficient (Wildman–Crippen LogP) is 4.12. The molecule has 4 heteroatoms. The van der Waals surface area contributed by atoms with Crippen molar-refractivity contribution < 1.29 is 0 Å². The van der Waals surface area contributed by atoms with Crippen LogP contribution in [0.1, 0.15) is 5.56 Å². The molecule has 0 fully saturated rings. The number of hydrogen-bond donors (Lipinski definition) is 2. The Kier molecular flexibility index (Phi) is 3.01. The fourth-order valence-electron chi connectivity index (χ4n) is 2.24. The molecule has 0 bridgehead atoms. The molecular weight excluding hydrogens is 276 g/mol.